The second-order valence-corrected chi connectivity index (χ2v) is 9.49. The van der Waals surface area contributed by atoms with E-state index in [0.29, 0.717) is 0 Å². The predicted octanol–water partition coefficient (Wildman–Crippen LogP) is 1.64. The van der Waals surface area contributed by atoms with Crippen LogP contribution in [0.2, 0.25) is 0 Å². The molecule has 0 aromatic carbocycles. The highest BCUT2D eigenvalue weighted by Gasteiger charge is 2.36. The molecule has 29 heavy (non-hydrogen) atoms. The number of piperazine rings is 1. The van der Waals surface area contributed by atoms with Crippen LogP contribution in [0.15, 0.2) is 9.42 Å². The molecule has 0 atom stereocenters. The third-order valence-electron chi connectivity index (χ3n) is 4.56. The Morgan fingerprint density at radius 2 is 1.79 bits per heavy atom. The lowest BCUT2D eigenvalue weighted by Crippen LogP contribution is -2.52. The molecule has 0 spiro atoms. The molecule has 2 rings (SSSR count). The summed E-state index contributed by atoms with van der Waals surface area (Å²) in [6.45, 7) is 5.85. The second kappa shape index (κ2) is 9.00. The van der Waals surface area contributed by atoms with E-state index in [1.54, 1.807) is 25.7 Å². The zero-order valence-corrected chi connectivity index (χ0v) is 17.8. The van der Waals surface area contributed by atoms with Gasteiger partial charge < -0.3 is 9.42 Å². The second-order valence-electron chi connectivity index (χ2n) is 7.62. The number of hydrogen-bond acceptors (Lipinski definition) is 6. The summed E-state index contributed by atoms with van der Waals surface area (Å²) in [4.78, 5) is 14.9. The number of amides is 1. The van der Waals surface area contributed by atoms with E-state index >= 15 is 0 Å². The quantitative estimate of drug-likeness (QED) is 0.641. The van der Waals surface area contributed by atoms with Crippen molar-refractivity contribution in [1.29, 1.82) is 0 Å². The summed E-state index contributed by atoms with van der Waals surface area (Å²) in [6, 6.07) is 0. The van der Waals surface area contributed by atoms with E-state index in [-0.39, 0.29) is 61.5 Å². The van der Waals surface area contributed by atoms with E-state index < -0.39 is 28.7 Å². The first-order valence-corrected chi connectivity index (χ1v) is 10.7. The van der Waals surface area contributed by atoms with Crippen molar-refractivity contribution in [3.63, 3.8) is 0 Å². The molecule has 1 aliphatic rings. The van der Waals surface area contributed by atoms with Crippen molar-refractivity contribution in [3.8, 4) is 0 Å². The van der Waals surface area contributed by atoms with Crippen LogP contribution in [0, 0.1) is 19.8 Å². The van der Waals surface area contributed by atoms with E-state index in [0.717, 1.165) is 4.90 Å². The lowest BCUT2D eigenvalue weighted by Gasteiger charge is -2.35. The minimum absolute atomic E-state index is 0.0126. The molecular weight excluding hydrogens is 413 g/mol. The molecule has 1 aromatic rings. The number of alkyl halides is 3. The Hall–Kier alpha value is -1.66. The molecule has 2 heterocycles. The summed E-state index contributed by atoms with van der Waals surface area (Å²) in [5, 5.41) is 3.67. The first-order chi connectivity index (χ1) is 13.3. The maximum Gasteiger partial charge on any atom is 0.406 e. The van der Waals surface area contributed by atoms with Crippen LogP contribution in [0.5, 0.6) is 0 Å². The van der Waals surface area contributed by atoms with Gasteiger partial charge in [-0.3, -0.25) is 9.69 Å². The fraction of sp³-hybridized carbons (Fsp3) is 0.765. The number of sulfonamides is 1. The van der Waals surface area contributed by atoms with Crippen molar-refractivity contribution in [1.82, 2.24) is 19.3 Å². The minimum atomic E-state index is -4.47. The molecule has 1 saturated heterocycles. The number of rotatable bonds is 7. The van der Waals surface area contributed by atoms with Gasteiger partial charge in [0.1, 0.15) is 17.1 Å². The monoisotopic (exact) mass is 440 g/mol. The van der Waals surface area contributed by atoms with Crippen LogP contribution >= 0.6 is 0 Å². The maximum absolute atomic E-state index is 12.8. The van der Waals surface area contributed by atoms with Crippen molar-refractivity contribution in [2.45, 2.75) is 38.8 Å². The molecule has 0 radical (unpaired) electrons. The zero-order chi connectivity index (χ0) is 22.0. The Morgan fingerprint density at radius 3 is 2.24 bits per heavy atom. The van der Waals surface area contributed by atoms with Gasteiger partial charge in [-0.15, -0.1) is 0 Å². The zero-order valence-electron chi connectivity index (χ0n) is 17.0. The smallest absolute Gasteiger partial charge is 0.360 e. The van der Waals surface area contributed by atoms with Gasteiger partial charge in [-0.05, 0) is 19.8 Å². The minimum Gasteiger partial charge on any atom is -0.360 e. The topological polar surface area (TPSA) is 87.0 Å². The largest absolute Gasteiger partial charge is 0.406 e. The van der Waals surface area contributed by atoms with Crippen LogP contribution in [0.25, 0.3) is 0 Å². The average Bonchev–Trinajstić information content (AvgIpc) is 2.92. The van der Waals surface area contributed by atoms with E-state index in [2.05, 4.69) is 5.16 Å². The Kier molecular flexibility index (Phi) is 7.33. The van der Waals surface area contributed by atoms with Crippen LogP contribution in [0.4, 0.5) is 13.2 Å². The normalized spacial score (nSPS) is 17.1. The van der Waals surface area contributed by atoms with Gasteiger partial charge in [-0.25, -0.2) is 8.42 Å². The van der Waals surface area contributed by atoms with Gasteiger partial charge in [0.15, 0.2) is 5.76 Å². The van der Waals surface area contributed by atoms with Crippen LogP contribution < -0.4 is 0 Å². The van der Waals surface area contributed by atoms with E-state index in [1.165, 1.54) is 11.2 Å². The third-order valence-corrected chi connectivity index (χ3v) is 6.71. The lowest BCUT2D eigenvalue weighted by molar-refractivity contribution is -0.162. The van der Waals surface area contributed by atoms with Gasteiger partial charge in [0.2, 0.25) is 15.9 Å². The predicted molar refractivity (Wildman–Crippen MR) is 98.6 cm³/mol. The van der Waals surface area contributed by atoms with Crippen LogP contribution in [0.3, 0.4) is 0 Å². The van der Waals surface area contributed by atoms with E-state index in [4.69, 9.17) is 4.52 Å². The number of nitrogens with zero attached hydrogens (tertiary/aromatic N) is 4. The van der Waals surface area contributed by atoms with Crippen molar-refractivity contribution in [2.75, 3.05) is 45.8 Å². The Labute approximate surface area is 168 Å². The van der Waals surface area contributed by atoms with Gasteiger partial charge in [-0.2, -0.15) is 17.5 Å². The van der Waals surface area contributed by atoms with Gasteiger partial charge in [0, 0.05) is 32.7 Å². The van der Waals surface area contributed by atoms with Crippen molar-refractivity contribution in [2.24, 2.45) is 5.92 Å². The molecule has 0 bridgehead atoms. The van der Waals surface area contributed by atoms with Gasteiger partial charge in [0.25, 0.3) is 0 Å². The van der Waals surface area contributed by atoms with Crippen LogP contribution in [-0.4, -0.2) is 85.6 Å². The first-order valence-electron chi connectivity index (χ1n) is 9.31. The maximum atomic E-state index is 12.8. The average molecular weight is 440 g/mol. The highest BCUT2D eigenvalue weighted by atomic mass is 32.2. The Balaban J connectivity index is 1.99. The van der Waals surface area contributed by atoms with Crippen molar-refractivity contribution >= 4 is 15.9 Å². The SMILES string of the molecule is Cc1noc(C)c1S(=O)(=O)N1CCN(CC(=O)N(CC(C)C)CC(F)(F)F)CC1. The van der Waals surface area contributed by atoms with E-state index in [9.17, 15) is 26.4 Å². The van der Waals surface area contributed by atoms with Gasteiger partial charge >= 0.3 is 6.18 Å². The molecule has 0 aliphatic carbocycles. The van der Waals surface area contributed by atoms with E-state index in [1.807, 2.05) is 0 Å². The number of hydrogen-bond donors (Lipinski definition) is 0. The molecule has 166 valence electrons. The number of aromatic nitrogens is 1. The lowest BCUT2D eigenvalue weighted by atomic mass is 10.2. The number of carbonyl (C=O) groups is 1. The molecular formula is C17H27F3N4O4S. The molecule has 1 fully saturated rings. The molecule has 0 saturated carbocycles. The fourth-order valence-electron chi connectivity index (χ4n) is 3.30. The van der Waals surface area contributed by atoms with Gasteiger partial charge in [-0.1, -0.05) is 19.0 Å². The number of halogens is 3. The molecule has 1 aromatic heterocycles. The summed E-state index contributed by atoms with van der Waals surface area (Å²) < 4.78 is 70.2. The fourth-order valence-corrected chi connectivity index (χ4v) is 5.02. The highest BCUT2D eigenvalue weighted by Crippen LogP contribution is 2.24. The van der Waals surface area contributed by atoms with Crippen LogP contribution in [0.1, 0.15) is 25.3 Å². The van der Waals surface area contributed by atoms with Crippen molar-refractivity contribution in [3.05, 3.63) is 11.5 Å². The summed E-state index contributed by atoms with van der Waals surface area (Å²) in [6.07, 6.45) is -4.47. The summed E-state index contributed by atoms with van der Waals surface area (Å²) in [5.74, 6) is -0.506. The number of aryl methyl sites for hydroxylation is 2. The Morgan fingerprint density at radius 1 is 1.21 bits per heavy atom. The standard InChI is InChI=1S/C17H27F3N4O4S/c1-12(2)9-23(11-17(18,19)20)15(25)10-22-5-7-24(8-6-22)29(26,27)16-13(3)21-28-14(16)4/h12H,5-11H2,1-4H3. The summed E-state index contributed by atoms with van der Waals surface area (Å²) in [7, 11) is -3.78. The molecule has 0 N–H and O–H groups in total. The molecule has 8 nitrogen and oxygen atoms in total. The first kappa shape index (κ1) is 23.6. The third kappa shape index (κ3) is 6.16. The highest BCUT2D eigenvalue weighted by molar-refractivity contribution is 7.89. The summed E-state index contributed by atoms with van der Waals surface area (Å²) >= 11 is 0. The number of carbonyl (C=O) groups excluding carboxylic acids is 1. The molecule has 0 unspecified atom stereocenters. The van der Waals surface area contributed by atoms with Gasteiger partial charge in [0.05, 0.1) is 6.54 Å². The molecule has 1 amide bonds. The summed E-state index contributed by atoms with van der Waals surface area (Å²) in [5.41, 5.74) is 0.275. The van der Waals surface area contributed by atoms with Crippen LogP contribution in [-0.2, 0) is 14.8 Å². The van der Waals surface area contributed by atoms with Crippen molar-refractivity contribution < 1.29 is 30.9 Å². The molecule has 12 heteroatoms. The molecule has 1 aliphatic heterocycles. The Bertz CT molecular complexity index is 796.